The summed E-state index contributed by atoms with van der Waals surface area (Å²) in [6.45, 7) is 7.20. The van der Waals surface area contributed by atoms with Gasteiger partial charge in [-0.25, -0.2) is 4.98 Å². The van der Waals surface area contributed by atoms with E-state index < -0.39 is 0 Å². The van der Waals surface area contributed by atoms with Gasteiger partial charge in [-0.15, -0.1) is 0 Å². The third kappa shape index (κ3) is 3.05. The van der Waals surface area contributed by atoms with Crippen molar-refractivity contribution in [1.82, 2.24) is 9.97 Å². The summed E-state index contributed by atoms with van der Waals surface area (Å²) in [7, 11) is 0. The molecule has 0 bridgehead atoms. The molecule has 0 aromatic carbocycles. The Balaban J connectivity index is 2.17. The molecule has 1 aromatic rings. The van der Waals surface area contributed by atoms with E-state index in [0.29, 0.717) is 11.0 Å². The Bertz CT molecular complexity index is 397. The lowest BCUT2D eigenvalue weighted by Crippen LogP contribution is -2.36. The molecule has 1 aromatic heterocycles. The second-order valence-electron chi connectivity index (χ2n) is 4.76. The minimum Gasteiger partial charge on any atom is -0.355 e. The summed E-state index contributed by atoms with van der Waals surface area (Å²) < 4.78 is 0. The maximum atomic E-state index is 6.23. The van der Waals surface area contributed by atoms with Gasteiger partial charge in [-0.05, 0) is 25.7 Å². The molecule has 0 amide bonds. The van der Waals surface area contributed by atoms with E-state index in [0.717, 1.165) is 31.4 Å². The lowest BCUT2D eigenvalue weighted by Gasteiger charge is -2.33. The van der Waals surface area contributed by atoms with Crippen molar-refractivity contribution in [1.29, 1.82) is 0 Å². The monoisotopic (exact) mass is 268 g/mol. The van der Waals surface area contributed by atoms with Crippen LogP contribution in [-0.4, -0.2) is 29.6 Å². The normalized spacial score (nSPS) is 19.9. The molecule has 0 aliphatic carbocycles. The minimum absolute atomic E-state index is 0.647. The molecule has 0 radical (unpaired) electrons. The molecule has 4 nitrogen and oxygen atoms in total. The number of aromatic nitrogens is 2. The second-order valence-corrected chi connectivity index (χ2v) is 5.17. The second kappa shape index (κ2) is 6.23. The molecule has 2 heterocycles. The fourth-order valence-corrected chi connectivity index (χ4v) is 2.62. The summed E-state index contributed by atoms with van der Waals surface area (Å²) in [4.78, 5) is 11.0. The maximum absolute atomic E-state index is 6.23. The van der Waals surface area contributed by atoms with Gasteiger partial charge in [0.2, 0.25) is 5.95 Å². The highest BCUT2D eigenvalue weighted by Crippen LogP contribution is 2.29. The summed E-state index contributed by atoms with van der Waals surface area (Å²) >= 11 is 6.23. The van der Waals surface area contributed by atoms with Crippen molar-refractivity contribution in [2.24, 2.45) is 5.92 Å². The molecule has 1 fully saturated rings. The van der Waals surface area contributed by atoms with Gasteiger partial charge < -0.3 is 10.2 Å². The standard InChI is InChI=1S/C13H21ClN4/c1-3-10-6-5-7-18(9-10)12-11(14)8-16-13(17-12)15-4-2/h8,10H,3-7,9H2,1-2H3,(H,15,16,17). The highest BCUT2D eigenvalue weighted by atomic mass is 35.5. The van der Waals surface area contributed by atoms with E-state index >= 15 is 0 Å². The summed E-state index contributed by atoms with van der Waals surface area (Å²) in [5.41, 5.74) is 0. The van der Waals surface area contributed by atoms with Gasteiger partial charge in [0, 0.05) is 19.6 Å². The van der Waals surface area contributed by atoms with Crippen molar-refractivity contribution in [2.45, 2.75) is 33.1 Å². The molecule has 1 aliphatic heterocycles. The molecule has 1 saturated heterocycles. The lowest BCUT2D eigenvalue weighted by atomic mass is 9.96. The molecule has 18 heavy (non-hydrogen) atoms. The largest absolute Gasteiger partial charge is 0.355 e. The fourth-order valence-electron chi connectivity index (χ4n) is 2.41. The van der Waals surface area contributed by atoms with Crippen molar-refractivity contribution in [3.63, 3.8) is 0 Å². The van der Waals surface area contributed by atoms with Crippen LogP contribution >= 0.6 is 11.6 Å². The number of rotatable bonds is 4. The number of halogens is 1. The zero-order chi connectivity index (χ0) is 13.0. The van der Waals surface area contributed by atoms with Crippen LogP contribution in [0.1, 0.15) is 33.1 Å². The Morgan fingerprint density at radius 2 is 2.33 bits per heavy atom. The van der Waals surface area contributed by atoms with Gasteiger partial charge in [-0.3, -0.25) is 0 Å². The first-order valence-electron chi connectivity index (χ1n) is 6.76. The van der Waals surface area contributed by atoms with Gasteiger partial charge in [-0.2, -0.15) is 4.98 Å². The molecule has 0 saturated carbocycles. The van der Waals surface area contributed by atoms with Crippen molar-refractivity contribution in [2.75, 3.05) is 29.9 Å². The lowest BCUT2D eigenvalue weighted by molar-refractivity contribution is 0.403. The van der Waals surface area contributed by atoms with E-state index in [2.05, 4.69) is 27.1 Å². The summed E-state index contributed by atoms with van der Waals surface area (Å²) in [5.74, 6) is 2.30. The molecule has 100 valence electrons. The molecule has 1 aliphatic rings. The molecule has 2 rings (SSSR count). The van der Waals surface area contributed by atoms with Crippen LogP contribution in [0.15, 0.2) is 6.20 Å². The van der Waals surface area contributed by atoms with E-state index in [9.17, 15) is 0 Å². The Hall–Kier alpha value is -1.03. The first-order chi connectivity index (χ1) is 8.74. The Labute approximate surface area is 114 Å². The first-order valence-corrected chi connectivity index (χ1v) is 7.13. The van der Waals surface area contributed by atoms with Gasteiger partial charge in [0.15, 0.2) is 5.82 Å². The van der Waals surface area contributed by atoms with Crippen molar-refractivity contribution < 1.29 is 0 Å². The number of nitrogens with one attached hydrogen (secondary N) is 1. The number of hydrogen-bond donors (Lipinski definition) is 1. The SMILES string of the molecule is CCNc1ncc(Cl)c(N2CCCC(CC)C2)n1. The van der Waals surface area contributed by atoms with Crippen LogP contribution in [0.3, 0.4) is 0 Å². The zero-order valence-electron chi connectivity index (χ0n) is 11.1. The number of piperidine rings is 1. The van der Waals surface area contributed by atoms with Crippen LogP contribution in [0.25, 0.3) is 0 Å². The molecule has 0 spiro atoms. The Morgan fingerprint density at radius 1 is 1.50 bits per heavy atom. The third-order valence-corrected chi connectivity index (χ3v) is 3.72. The van der Waals surface area contributed by atoms with Crippen molar-refractivity contribution in [3.8, 4) is 0 Å². The highest BCUT2D eigenvalue weighted by molar-refractivity contribution is 6.32. The number of anilines is 2. The average molecular weight is 269 g/mol. The average Bonchev–Trinajstić information content (AvgIpc) is 2.41. The van der Waals surface area contributed by atoms with Crippen LogP contribution in [0.5, 0.6) is 0 Å². The van der Waals surface area contributed by atoms with Crippen LogP contribution in [-0.2, 0) is 0 Å². The van der Waals surface area contributed by atoms with E-state index in [1.165, 1.54) is 19.3 Å². The van der Waals surface area contributed by atoms with Gasteiger partial charge in [0.05, 0.1) is 6.20 Å². The molecular weight excluding hydrogens is 248 g/mol. The van der Waals surface area contributed by atoms with Crippen molar-refractivity contribution in [3.05, 3.63) is 11.2 Å². The molecule has 1 atom stereocenters. The van der Waals surface area contributed by atoms with E-state index in [1.807, 2.05) is 6.92 Å². The molecule has 1 N–H and O–H groups in total. The zero-order valence-corrected chi connectivity index (χ0v) is 11.9. The summed E-state index contributed by atoms with van der Waals surface area (Å²) in [6, 6.07) is 0. The van der Waals surface area contributed by atoms with Crippen LogP contribution in [0.4, 0.5) is 11.8 Å². The van der Waals surface area contributed by atoms with Gasteiger partial charge >= 0.3 is 0 Å². The molecular formula is C13H21ClN4. The van der Waals surface area contributed by atoms with Gasteiger partial charge in [0.1, 0.15) is 5.02 Å². The van der Waals surface area contributed by atoms with Gasteiger partial charge in [0.25, 0.3) is 0 Å². The van der Waals surface area contributed by atoms with Crippen LogP contribution in [0, 0.1) is 5.92 Å². The smallest absolute Gasteiger partial charge is 0.224 e. The summed E-state index contributed by atoms with van der Waals surface area (Å²) in [6.07, 6.45) is 5.45. The van der Waals surface area contributed by atoms with Crippen LogP contribution in [0.2, 0.25) is 5.02 Å². The molecule has 5 heteroatoms. The summed E-state index contributed by atoms with van der Waals surface area (Å²) in [5, 5.41) is 3.78. The predicted molar refractivity (Wildman–Crippen MR) is 76.4 cm³/mol. The quantitative estimate of drug-likeness (QED) is 0.911. The Kier molecular flexibility index (Phi) is 4.64. The fraction of sp³-hybridized carbons (Fsp3) is 0.692. The maximum Gasteiger partial charge on any atom is 0.224 e. The first kappa shape index (κ1) is 13.4. The van der Waals surface area contributed by atoms with Crippen molar-refractivity contribution >= 4 is 23.4 Å². The van der Waals surface area contributed by atoms with Gasteiger partial charge in [-0.1, -0.05) is 24.9 Å². The number of hydrogen-bond acceptors (Lipinski definition) is 4. The topological polar surface area (TPSA) is 41.1 Å². The predicted octanol–water partition coefficient (Wildman–Crippen LogP) is 3.19. The molecule has 1 unspecified atom stereocenters. The van der Waals surface area contributed by atoms with E-state index in [1.54, 1.807) is 6.20 Å². The third-order valence-electron chi connectivity index (χ3n) is 3.46. The van der Waals surface area contributed by atoms with E-state index in [4.69, 9.17) is 11.6 Å². The highest BCUT2D eigenvalue weighted by Gasteiger charge is 2.21. The number of nitrogens with zero attached hydrogens (tertiary/aromatic N) is 3. The minimum atomic E-state index is 0.647. The Morgan fingerprint density at radius 3 is 3.06 bits per heavy atom. The van der Waals surface area contributed by atoms with E-state index in [-0.39, 0.29) is 0 Å². The van der Waals surface area contributed by atoms with Crippen LogP contribution < -0.4 is 10.2 Å².